The average Bonchev–Trinajstić information content (AvgIpc) is 2.77. The number of aryl methyl sites for hydroxylation is 2. The molecule has 0 aliphatic carbocycles. The van der Waals surface area contributed by atoms with Crippen LogP contribution in [0.1, 0.15) is 16.8 Å². The Labute approximate surface area is 116 Å². The van der Waals surface area contributed by atoms with Crippen molar-refractivity contribution in [1.29, 1.82) is 0 Å². The van der Waals surface area contributed by atoms with Crippen molar-refractivity contribution in [3.05, 3.63) is 46.5 Å². The summed E-state index contributed by atoms with van der Waals surface area (Å²) in [5.74, 6) is -0.0681. The summed E-state index contributed by atoms with van der Waals surface area (Å²) in [5.41, 5.74) is 3.33. The molecular formula is C14H17N3OS. The summed E-state index contributed by atoms with van der Waals surface area (Å²) in [4.78, 5) is 15.8. The third-order valence-corrected chi connectivity index (χ3v) is 3.48. The molecule has 19 heavy (non-hydrogen) atoms. The van der Waals surface area contributed by atoms with Crippen molar-refractivity contribution < 1.29 is 4.79 Å². The number of thiazole rings is 1. The molecule has 0 fully saturated rings. The van der Waals surface area contributed by atoms with Gasteiger partial charge in [-0.2, -0.15) is 0 Å². The first kappa shape index (κ1) is 13.7. The molecule has 2 N–H and O–H groups in total. The Morgan fingerprint density at radius 2 is 2.00 bits per heavy atom. The summed E-state index contributed by atoms with van der Waals surface area (Å²) in [6.45, 7) is 4.93. The number of nitrogens with zero attached hydrogens (tertiary/aromatic N) is 1. The van der Waals surface area contributed by atoms with Gasteiger partial charge in [0.2, 0.25) is 5.91 Å². The Balaban J connectivity index is 1.73. The van der Waals surface area contributed by atoms with Crippen LogP contribution in [0, 0.1) is 13.8 Å². The molecule has 0 aliphatic heterocycles. The number of carbonyl (C=O) groups excluding carboxylic acids is 1. The van der Waals surface area contributed by atoms with Crippen molar-refractivity contribution in [2.75, 3.05) is 11.9 Å². The van der Waals surface area contributed by atoms with Gasteiger partial charge >= 0.3 is 0 Å². The van der Waals surface area contributed by atoms with Crippen LogP contribution in [-0.4, -0.2) is 17.4 Å². The molecule has 2 aromatic rings. The number of nitrogens with one attached hydrogen (secondary N) is 2. The molecule has 0 bridgehead atoms. The van der Waals surface area contributed by atoms with E-state index in [4.69, 9.17) is 0 Å². The Kier molecular flexibility index (Phi) is 4.65. The van der Waals surface area contributed by atoms with E-state index in [-0.39, 0.29) is 12.5 Å². The van der Waals surface area contributed by atoms with Crippen molar-refractivity contribution in [2.24, 2.45) is 0 Å². The van der Waals surface area contributed by atoms with Gasteiger partial charge in [0.25, 0.3) is 0 Å². The lowest BCUT2D eigenvalue weighted by atomic mass is 10.1. The van der Waals surface area contributed by atoms with Gasteiger partial charge in [0.1, 0.15) is 0 Å². The Bertz CT molecular complexity index is 548. The van der Waals surface area contributed by atoms with E-state index < -0.39 is 0 Å². The highest BCUT2D eigenvalue weighted by Gasteiger charge is 2.04. The topological polar surface area (TPSA) is 54.0 Å². The zero-order valence-electron chi connectivity index (χ0n) is 11.1. The minimum Gasteiger partial charge on any atom is -0.304 e. The number of benzene rings is 1. The van der Waals surface area contributed by atoms with Gasteiger partial charge < -0.3 is 10.6 Å². The zero-order chi connectivity index (χ0) is 13.7. The number of carbonyl (C=O) groups is 1. The van der Waals surface area contributed by atoms with E-state index in [0.717, 1.165) is 5.69 Å². The summed E-state index contributed by atoms with van der Waals surface area (Å²) in [6, 6.07) is 8.25. The Hall–Kier alpha value is -1.72. The van der Waals surface area contributed by atoms with Gasteiger partial charge in [0.15, 0.2) is 5.13 Å². The molecular weight excluding hydrogens is 258 g/mol. The summed E-state index contributed by atoms with van der Waals surface area (Å²) in [6.07, 6.45) is 0. The molecule has 0 unspecified atom stereocenters. The smallest absolute Gasteiger partial charge is 0.240 e. The van der Waals surface area contributed by atoms with Crippen molar-refractivity contribution >= 4 is 22.4 Å². The van der Waals surface area contributed by atoms with Gasteiger partial charge in [-0.1, -0.05) is 29.8 Å². The fourth-order valence-corrected chi connectivity index (χ4v) is 2.31. The van der Waals surface area contributed by atoms with Crippen LogP contribution in [0.4, 0.5) is 5.13 Å². The van der Waals surface area contributed by atoms with Gasteiger partial charge in [-0.05, 0) is 19.4 Å². The maximum Gasteiger partial charge on any atom is 0.240 e. The van der Waals surface area contributed by atoms with Crippen LogP contribution in [0.2, 0.25) is 0 Å². The molecule has 2 rings (SSSR count). The SMILES string of the molecule is Cc1ccc(CNCC(=O)Nc2nc(C)cs2)cc1. The first-order valence-corrected chi connectivity index (χ1v) is 7.00. The van der Waals surface area contributed by atoms with Crippen molar-refractivity contribution in [3.8, 4) is 0 Å². The molecule has 1 aromatic carbocycles. The summed E-state index contributed by atoms with van der Waals surface area (Å²) >= 11 is 1.44. The molecule has 0 saturated heterocycles. The van der Waals surface area contributed by atoms with Crippen LogP contribution in [0.3, 0.4) is 0 Å². The number of hydrogen-bond acceptors (Lipinski definition) is 4. The summed E-state index contributed by atoms with van der Waals surface area (Å²) in [7, 11) is 0. The lowest BCUT2D eigenvalue weighted by molar-refractivity contribution is -0.115. The Morgan fingerprint density at radius 1 is 1.26 bits per heavy atom. The quantitative estimate of drug-likeness (QED) is 0.881. The molecule has 1 heterocycles. The number of aromatic nitrogens is 1. The highest BCUT2D eigenvalue weighted by molar-refractivity contribution is 7.13. The van der Waals surface area contributed by atoms with Crippen LogP contribution in [0.5, 0.6) is 0 Å². The van der Waals surface area contributed by atoms with Crippen molar-refractivity contribution in [3.63, 3.8) is 0 Å². The fourth-order valence-electron chi connectivity index (χ4n) is 1.60. The second-order valence-corrected chi connectivity index (χ2v) is 5.29. The highest BCUT2D eigenvalue weighted by atomic mass is 32.1. The molecule has 1 amide bonds. The number of hydrogen-bond donors (Lipinski definition) is 2. The number of amides is 1. The fraction of sp³-hybridized carbons (Fsp3) is 0.286. The largest absolute Gasteiger partial charge is 0.304 e. The lowest BCUT2D eigenvalue weighted by Crippen LogP contribution is -2.27. The third-order valence-electron chi connectivity index (χ3n) is 2.60. The lowest BCUT2D eigenvalue weighted by Gasteiger charge is -2.05. The summed E-state index contributed by atoms with van der Waals surface area (Å²) in [5, 5.41) is 8.44. The van der Waals surface area contributed by atoms with Gasteiger partial charge in [0.05, 0.1) is 12.2 Å². The molecule has 0 atom stereocenters. The van der Waals surface area contributed by atoms with E-state index in [2.05, 4.69) is 46.8 Å². The van der Waals surface area contributed by atoms with Crippen molar-refractivity contribution in [1.82, 2.24) is 10.3 Å². The third kappa shape index (κ3) is 4.46. The molecule has 0 saturated carbocycles. The van der Waals surface area contributed by atoms with Gasteiger partial charge in [-0.15, -0.1) is 11.3 Å². The van der Waals surface area contributed by atoms with Gasteiger partial charge in [-0.3, -0.25) is 4.79 Å². The van der Waals surface area contributed by atoms with Crippen LogP contribution < -0.4 is 10.6 Å². The van der Waals surface area contributed by atoms with E-state index in [9.17, 15) is 4.79 Å². The zero-order valence-corrected chi connectivity index (χ0v) is 11.9. The molecule has 0 aliphatic rings. The van der Waals surface area contributed by atoms with Crippen LogP contribution >= 0.6 is 11.3 Å². The predicted octanol–water partition coefficient (Wildman–Crippen LogP) is 2.49. The van der Waals surface area contributed by atoms with E-state index in [1.54, 1.807) is 0 Å². The van der Waals surface area contributed by atoms with E-state index in [1.165, 1.54) is 22.5 Å². The summed E-state index contributed by atoms with van der Waals surface area (Å²) < 4.78 is 0. The predicted molar refractivity (Wildman–Crippen MR) is 78.4 cm³/mol. The standard InChI is InChI=1S/C14H17N3OS/c1-10-3-5-12(6-4-10)7-15-8-13(18)17-14-16-11(2)9-19-14/h3-6,9,15H,7-8H2,1-2H3,(H,16,17,18). The number of rotatable bonds is 5. The molecule has 0 spiro atoms. The van der Waals surface area contributed by atoms with Crippen LogP contribution in [0.25, 0.3) is 0 Å². The van der Waals surface area contributed by atoms with E-state index >= 15 is 0 Å². The van der Waals surface area contributed by atoms with Gasteiger partial charge in [-0.25, -0.2) is 4.98 Å². The second-order valence-electron chi connectivity index (χ2n) is 4.43. The highest BCUT2D eigenvalue weighted by Crippen LogP contribution is 2.13. The minimum atomic E-state index is -0.0681. The molecule has 4 nitrogen and oxygen atoms in total. The van der Waals surface area contributed by atoms with E-state index in [1.807, 2.05) is 12.3 Å². The molecule has 5 heteroatoms. The maximum absolute atomic E-state index is 11.7. The Morgan fingerprint density at radius 3 is 2.63 bits per heavy atom. The van der Waals surface area contributed by atoms with Gasteiger partial charge in [0, 0.05) is 11.9 Å². The van der Waals surface area contributed by atoms with E-state index in [0.29, 0.717) is 11.7 Å². The van der Waals surface area contributed by atoms with Crippen molar-refractivity contribution in [2.45, 2.75) is 20.4 Å². The molecule has 1 aromatic heterocycles. The van der Waals surface area contributed by atoms with Crippen LogP contribution in [0.15, 0.2) is 29.6 Å². The molecule has 100 valence electrons. The minimum absolute atomic E-state index is 0.0681. The second kappa shape index (κ2) is 6.45. The maximum atomic E-state index is 11.7. The van der Waals surface area contributed by atoms with Crippen LogP contribution in [-0.2, 0) is 11.3 Å². The average molecular weight is 275 g/mol. The number of anilines is 1. The first-order chi connectivity index (χ1) is 9.13. The monoisotopic (exact) mass is 275 g/mol. The molecule has 0 radical (unpaired) electrons. The normalized spacial score (nSPS) is 10.4. The first-order valence-electron chi connectivity index (χ1n) is 6.12.